The first kappa shape index (κ1) is 21.4. The maximum Gasteiger partial charge on any atom is 0.303 e. The number of nitrogens with zero attached hydrogens (tertiary/aromatic N) is 4. The average molecular weight is 509 g/mol. The van der Waals surface area contributed by atoms with E-state index in [-0.39, 0.29) is 47.8 Å². The highest BCUT2D eigenvalue weighted by molar-refractivity contribution is 9.10. The molecule has 2 aliphatic rings. The number of aliphatic hydroxyl groups excluding tert-OH is 1. The molecule has 2 aromatic heterocycles. The van der Waals surface area contributed by atoms with Gasteiger partial charge in [0.1, 0.15) is 18.3 Å². The first-order valence-electron chi connectivity index (χ1n) is 8.72. The van der Waals surface area contributed by atoms with Crippen LogP contribution in [0, 0.1) is 0 Å². The van der Waals surface area contributed by atoms with Crippen molar-refractivity contribution in [3.8, 4) is 0 Å². The highest BCUT2D eigenvalue weighted by Crippen LogP contribution is 2.50. The van der Waals surface area contributed by atoms with Crippen LogP contribution in [0.1, 0.15) is 19.1 Å². The van der Waals surface area contributed by atoms with E-state index >= 15 is 0 Å². The molecule has 2 saturated heterocycles. The minimum atomic E-state index is -4.55. The lowest BCUT2D eigenvalue weighted by atomic mass is 10.1. The number of nitrogen functional groups attached to an aromatic ring is 1. The summed E-state index contributed by atoms with van der Waals surface area (Å²) in [5, 5.41) is 19.4. The third-order valence-electron chi connectivity index (χ3n) is 4.77. The summed E-state index contributed by atoms with van der Waals surface area (Å²) in [6.07, 6.45) is -4.69. The predicted octanol–water partition coefficient (Wildman–Crippen LogP) is -1.06. The molecule has 3 unspecified atom stereocenters. The number of phosphoric acid groups is 1. The number of hydrogen-bond donors (Lipinski definition) is 3. The molecule has 2 aromatic rings. The van der Waals surface area contributed by atoms with Crippen molar-refractivity contribution >= 4 is 46.8 Å². The van der Waals surface area contributed by atoms with Gasteiger partial charge in [-0.1, -0.05) is 0 Å². The largest absolute Gasteiger partial charge is 0.756 e. The third kappa shape index (κ3) is 3.66. The van der Waals surface area contributed by atoms with Crippen LogP contribution in [-0.4, -0.2) is 60.2 Å². The second-order valence-electron chi connectivity index (χ2n) is 6.72. The van der Waals surface area contributed by atoms with Gasteiger partial charge in [0.25, 0.3) is 13.4 Å². The Bertz CT molecular complexity index is 1120. The highest BCUT2D eigenvalue weighted by atomic mass is 79.9. The topological polar surface area (TPSA) is 204 Å². The molecule has 2 aliphatic heterocycles. The zero-order valence-corrected chi connectivity index (χ0v) is 17.6. The van der Waals surface area contributed by atoms with Gasteiger partial charge in [0.05, 0.1) is 6.61 Å². The van der Waals surface area contributed by atoms with Gasteiger partial charge in [0.15, 0.2) is 22.1 Å². The van der Waals surface area contributed by atoms with Crippen molar-refractivity contribution in [3.05, 3.63) is 15.1 Å². The fourth-order valence-electron chi connectivity index (χ4n) is 3.42. The first-order chi connectivity index (χ1) is 14.1. The summed E-state index contributed by atoms with van der Waals surface area (Å²) < 4.78 is 29.1. The molecule has 2 fully saturated rings. The Kier molecular flexibility index (Phi) is 5.47. The quantitative estimate of drug-likeness (QED) is 0.326. The van der Waals surface area contributed by atoms with Crippen molar-refractivity contribution < 1.29 is 38.3 Å². The summed E-state index contributed by atoms with van der Waals surface area (Å²) in [7, 11) is -4.55. The molecular weight excluding hydrogens is 493 g/mol. The van der Waals surface area contributed by atoms with Gasteiger partial charge >= 0.3 is 5.97 Å². The van der Waals surface area contributed by atoms with Gasteiger partial charge in [-0.05, 0) is 22.4 Å². The lowest BCUT2D eigenvalue weighted by molar-refractivity contribution is -0.245. The van der Waals surface area contributed by atoms with E-state index in [9.17, 15) is 24.2 Å². The van der Waals surface area contributed by atoms with E-state index in [0.717, 1.165) is 4.57 Å². The zero-order chi connectivity index (χ0) is 21.8. The number of carboxylic acid groups (broad SMARTS) is 1. The van der Waals surface area contributed by atoms with Crippen LogP contribution >= 0.6 is 23.8 Å². The normalized spacial score (nSPS) is 31.2. The van der Waals surface area contributed by atoms with Crippen LogP contribution in [-0.2, 0) is 29.7 Å². The Hall–Kier alpha value is -1.87. The second-order valence-corrected chi connectivity index (χ2v) is 8.79. The average Bonchev–Trinajstić information content (AvgIpc) is 3.13. The van der Waals surface area contributed by atoms with Gasteiger partial charge in [-0.3, -0.25) is 23.3 Å². The minimum absolute atomic E-state index is 0.00668. The van der Waals surface area contributed by atoms with Crippen LogP contribution in [0.5, 0.6) is 0 Å². The standard InChI is InChI=1S/C14H17BrN5O9P/c15-13-17-7-10(18-14(16)19(11(7)24)3-1-2-6(21)22)20(13)12-8(23)9-5(28-12)4-27-30(25,26)29-9/h5,8-9,12,23H,1-4H2,(H2,16,18)(H,21,22)(H,25,26)/p-1/t5?,8?,9-,12-/m1/s1. The van der Waals surface area contributed by atoms with Crippen molar-refractivity contribution in [1.82, 2.24) is 19.1 Å². The molecule has 0 amide bonds. The number of aliphatic hydroxyl groups is 1. The Balaban J connectivity index is 1.71. The number of aliphatic carboxylic acids is 1. The number of halogens is 1. The van der Waals surface area contributed by atoms with Crippen LogP contribution in [0.2, 0.25) is 0 Å². The lowest BCUT2D eigenvalue weighted by Gasteiger charge is -2.34. The van der Waals surface area contributed by atoms with Crippen molar-refractivity contribution in [2.75, 3.05) is 12.3 Å². The number of carbonyl (C=O) groups is 1. The molecule has 5 atom stereocenters. The van der Waals surface area contributed by atoms with E-state index in [1.165, 1.54) is 4.57 Å². The number of imidazole rings is 1. The molecule has 0 spiro atoms. The number of aromatic nitrogens is 4. The van der Waals surface area contributed by atoms with E-state index in [1.807, 2.05) is 0 Å². The fourth-order valence-corrected chi connectivity index (χ4v) is 4.92. The van der Waals surface area contributed by atoms with Crippen LogP contribution in [0.3, 0.4) is 0 Å². The van der Waals surface area contributed by atoms with Crippen LogP contribution in [0.25, 0.3) is 11.2 Å². The van der Waals surface area contributed by atoms with E-state index in [2.05, 4.69) is 30.4 Å². The molecule has 0 aliphatic carbocycles. The van der Waals surface area contributed by atoms with Crippen LogP contribution < -0.4 is 16.2 Å². The van der Waals surface area contributed by atoms with Gasteiger partial charge in [-0.15, -0.1) is 0 Å². The summed E-state index contributed by atoms with van der Waals surface area (Å²) >= 11 is 3.19. The number of hydrogen-bond acceptors (Lipinski definition) is 11. The smallest absolute Gasteiger partial charge is 0.303 e. The van der Waals surface area contributed by atoms with E-state index in [4.69, 9.17) is 20.1 Å². The second kappa shape index (κ2) is 7.67. The monoisotopic (exact) mass is 508 g/mol. The van der Waals surface area contributed by atoms with Gasteiger partial charge in [-0.25, -0.2) is 4.98 Å². The van der Waals surface area contributed by atoms with E-state index in [0.29, 0.717) is 0 Å². The van der Waals surface area contributed by atoms with Gasteiger partial charge in [0, 0.05) is 13.0 Å². The predicted molar refractivity (Wildman–Crippen MR) is 99.1 cm³/mol. The van der Waals surface area contributed by atoms with E-state index in [1.54, 1.807) is 0 Å². The van der Waals surface area contributed by atoms with Gasteiger partial charge in [0.2, 0.25) is 5.95 Å². The maximum atomic E-state index is 12.8. The van der Waals surface area contributed by atoms with Crippen LogP contribution in [0.15, 0.2) is 9.53 Å². The molecule has 30 heavy (non-hydrogen) atoms. The van der Waals surface area contributed by atoms with Gasteiger partial charge in [-0.2, -0.15) is 4.98 Å². The fraction of sp³-hybridized carbons (Fsp3) is 0.571. The van der Waals surface area contributed by atoms with Crippen molar-refractivity contribution in [1.29, 1.82) is 0 Å². The van der Waals surface area contributed by atoms with Gasteiger partial charge < -0.3 is 34.6 Å². The molecule has 164 valence electrons. The number of ether oxygens (including phenoxy) is 1. The minimum Gasteiger partial charge on any atom is -0.756 e. The summed E-state index contributed by atoms with van der Waals surface area (Å²) in [5.41, 5.74) is 5.19. The van der Waals surface area contributed by atoms with E-state index < -0.39 is 43.9 Å². The number of phosphoric ester groups is 1. The maximum absolute atomic E-state index is 12.8. The van der Waals surface area contributed by atoms with Crippen molar-refractivity contribution in [2.45, 2.75) is 43.9 Å². The molecular formula is C14H16BrN5O9P-. The molecule has 0 radical (unpaired) electrons. The highest BCUT2D eigenvalue weighted by Gasteiger charge is 2.51. The Labute approximate surface area is 175 Å². The molecule has 4 rings (SSSR count). The summed E-state index contributed by atoms with van der Waals surface area (Å²) in [5.74, 6) is -1.19. The molecule has 0 bridgehead atoms. The van der Waals surface area contributed by atoms with Crippen LogP contribution in [0.4, 0.5) is 5.95 Å². The zero-order valence-electron chi connectivity index (χ0n) is 15.1. The Morgan fingerprint density at radius 1 is 1.43 bits per heavy atom. The summed E-state index contributed by atoms with van der Waals surface area (Å²) in [6, 6.07) is 0. The molecule has 0 saturated carbocycles. The van der Waals surface area contributed by atoms with Crippen molar-refractivity contribution in [2.24, 2.45) is 0 Å². The molecule has 4 heterocycles. The molecule has 4 N–H and O–H groups in total. The first-order valence-corrected chi connectivity index (χ1v) is 11.0. The number of fused-ring (bicyclic) bond motifs is 2. The Morgan fingerprint density at radius 3 is 2.87 bits per heavy atom. The van der Waals surface area contributed by atoms with Crippen molar-refractivity contribution in [3.63, 3.8) is 0 Å². The summed E-state index contributed by atoms with van der Waals surface area (Å²) in [4.78, 5) is 43.3. The Morgan fingerprint density at radius 2 is 2.17 bits per heavy atom. The molecule has 0 aromatic carbocycles. The lowest BCUT2D eigenvalue weighted by Crippen LogP contribution is -2.41. The number of rotatable bonds is 5. The SMILES string of the molecule is Nc1nc2c(nc(Br)n2[C@@H]2OC3COP(=O)([O-])O[C@H]3C2O)c(=O)n1CCCC(=O)O. The number of carboxylic acids is 1. The number of nitrogens with two attached hydrogens (primary N) is 1. The number of anilines is 1. The molecule has 14 nitrogen and oxygen atoms in total. The summed E-state index contributed by atoms with van der Waals surface area (Å²) in [6.45, 7) is -0.309. The third-order valence-corrected chi connectivity index (χ3v) is 6.30. The molecule has 16 heteroatoms.